The molecule has 0 spiro atoms. The molecule has 1 saturated carbocycles. The summed E-state index contributed by atoms with van der Waals surface area (Å²) in [6.45, 7) is 13.7. The highest BCUT2D eigenvalue weighted by Crippen LogP contribution is 2.50. The smallest absolute Gasteiger partial charge is 0.113 e. The van der Waals surface area contributed by atoms with Crippen molar-refractivity contribution in [3.8, 4) is 0 Å². The number of nitrogens with zero attached hydrogens (tertiary/aromatic N) is 1. The molecule has 0 saturated heterocycles. The highest BCUT2D eigenvalue weighted by atomic mass is 32.1. The molecule has 0 aliphatic heterocycles. The van der Waals surface area contributed by atoms with Crippen LogP contribution in [0.2, 0.25) is 0 Å². The van der Waals surface area contributed by atoms with Crippen LogP contribution in [0.25, 0.3) is 0 Å². The van der Waals surface area contributed by atoms with Crippen molar-refractivity contribution in [2.45, 2.75) is 78.3 Å². The maximum absolute atomic E-state index is 4.94. The fraction of sp³-hybridized carbons (Fsp3) is 0.812. The van der Waals surface area contributed by atoms with Crippen molar-refractivity contribution in [1.82, 2.24) is 10.3 Å². The van der Waals surface area contributed by atoms with Gasteiger partial charge in [0.1, 0.15) is 5.01 Å². The summed E-state index contributed by atoms with van der Waals surface area (Å²) in [6.07, 6.45) is 3.69. The van der Waals surface area contributed by atoms with Gasteiger partial charge >= 0.3 is 0 Å². The van der Waals surface area contributed by atoms with Gasteiger partial charge < -0.3 is 5.32 Å². The van der Waals surface area contributed by atoms with Crippen LogP contribution in [0.5, 0.6) is 0 Å². The maximum atomic E-state index is 4.94. The molecule has 1 atom stereocenters. The van der Waals surface area contributed by atoms with E-state index in [1.807, 2.05) is 11.3 Å². The zero-order valence-electron chi connectivity index (χ0n) is 13.2. The zero-order chi connectivity index (χ0) is 14.3. The van der Waals surface area contributed by atoms with Crippen molar-refractivity contribution in [3.63, 3.8) is 0 Å². The Labute approximate surface area is 122 Å². The normalized spacial score (nSPS) is 26.5. The van der Waals surface area contributed by atoms with Gasteiger partial charge in [-0.05, 0) is 44.4 Å². The molecule has 0 aromatic carbocycles. The largest absolute Gasteiger partial charge is 0.303 e. The van der Waals surface area contributed by atoms with Crippen LogP contribution in [0.4, 0.5) is 0 Å². The first-order valence-corrected chi connectivity index (χ1v) is 8.36. The highest BCUT2D eigenvalue weighted by molar-refractivity contribution is 7.09. The van der Waals surface area contributed by atoms with E-state index in [1.54, 1.807) is 0 Å². The Balaban J connectivity index is 2.32. The lowest BCUT2D eigenvalue weighted by Crippen LogP contribution is -2.44. The lowest BCUT2D eigenvalue weighted by atomic mass is 9.87. The lowest BCUT2D eigenvalue weighted by molar-refractivity contribution is 0.269. The molecule has 1 aliphatic carbocycles. The number of hydrogen-bond acceptors (Lipinski definition) is 3. The van der Waals surface area contributed by atoms with Gasteiger partial charge in [0.05, 0.1) is 11.2 Å². The number of hydrogen-bond donors (Lipinski definition) is 1. The average Bonchev–Trinajstić information content (AvgIpc) is 2.83. The van der Waals surface area contributed by atoms with Crippen LogP contribution in [-0.2, 0) is 5.54 Å². The van der Waals surface area contributed by atoms with Crippen LogP contribution >= 0.6 is 11.3 Å². The second-order valence-electron chi connectivity index (χ2n) is 7.45. The van der Waals surface area contributed by atoms with Crippen LogP contribution in [0.15, 0.2) is 5.38 Å². The third-order valence-corrected chi connectivity index (χ3v) is 5.16. The topological polar surface area (TPSA) is 24.9 Å². The Bertz CT molecular complexity index is 434. The number of aromatic nitrogens is 1. The number of rotatable bonds is 4. The Morgan fingerprint density at radius 2 is 1.89 bits per heavy atom. The molecule has 1 heterocycles. The van der Waals surface area contributed by atoms with Crippen molar-refractivity contribution in [3.05, 3.63) is 16.1 Å². The van der Waals surface area contributed by atoms with E-state index in [9.17, 15) is 0 Å². The molecule has 1 aliphatic rings. The molecular weight excluding hydrogens is 252 g/mol. The molecule has 0 amide bonds. The molecule has 0 radical (unpaired) electrons. The summed E-state index contributed by atoms with van der Waals surface area (Å²) < 4.78 is 0. The standard InChI is InChI=1S/C16H28N2S/c1-11(2)13-9-19-14(17-13)16(18-12(3)4)8-7-15(5,6)10-16/h9,11-12,18H,7-8,10H2,1-6H3. The molecule has 1 aromatic rings. The molecule has 108 valence electrons. The first-order chi connectivity index (χ1) is 8.74. The Hall–Kier alpha value is -0.410. The van der Waals surface area contributed by atoms with Crippen molar-refractivity contribution < 1.29 is 0 Å². The van der Waals surface area contributed by atoms with Crippen LogP contribution in [0.3, 0.4) is 0 Å². The van der Waals surface area contributed by atoms with E-state index in [4.69, 9.17) is 4.98 Å². The molecule has 1 aromatic heterocycles. The second-order valence-corrected chi connectivity index (χ2v) is 8.31. The van der Waals surface area contributed by atoms with Crippen LogP contribution in [0, 0.1) is 5.41 Å². The molecule has 2 nitrogen and oxygen atoms in total. The summed E-state index contributed by atoms with van der Waals surface area (Å²) in [5.41, 5.74) is 1.77. The van der Waals surface area contributed by atoms with E-state index in [0.29, 0.717) is 17.4 Å². The van der Waals surface area contributed by atoms with E-state index < -0.39 is 0 Å². The van der Waals surface area contributed by atoms with Crippen molar-refractivity contribution >= 4 is 11.3 Å². The second kappa shape index (κ2) is 5.17. The van der Waals surface area contributed by atoms with Gasteiger partial charge in [-0.1, -0.05) is 27.7 Å². The third-order valence-electron chi connectivity index (χ3n) is 4.10. The molecule has 0 bridgehead atoms. The van der Waals surface area contributed by atoms with E-state index in [2.05, 4.69) is 52.2 Å². The average molecular weight is 280 g/mol. The molecule has 19 heavy (non-hydrogen) atoms. The van der Waals surface area contributed by atoms with Gasteiger partial charge in [-0.25, -0.2) is 4.98 Å². The van der Waals surface area contributed by atoms with Gasteiger partial charge in [0.2, 0.25) is 0 Å². The molecule has 2 rings (SSSR count). The minimum atomic E-state index is 0.107. The summed E-state index contributed by atoms with van der Waals surface area (Å²) in [7, 11) is 0. The van der Waals surface area contributed by atoms with Crippen LogP contribution in [-0.4, -0.2) is 11.0 Å². The number of thiazole rings is 1. The SMILES string of the molecule is CC(C)NC1(c2nc(C(C)C)cs2)CCC(C)(C)C1. The molecule has 1 fully saturated rings. The van der Waals surface area contributed by atoms with Crippen molar-refractivity contribution in [2.75, 3.05) is 0 Å². The van der Waals surface area contributed by atoms with Gasteiger partial charge in [0.25, 0.3) is 0 Å². The van der Waals surface area contributed by atoms with Crippen molar-refractivity contribution in [1.29, 1.82) is 0 Å². The summed E-state index contributed by atoms with van der Waals surface area (Å²) in [5, 5.41) is 7.37. The van der Waals surface area contributed by atoms with E-state index in [0.717, 1.165) is 0 Å². The zero-order valence-corrected chi connectivity index (χ0v) is 14.0. The predicted octanol–water partition coefficient (Wildman–Crippen LogP) is 4.67. The fourth-order valence-corrected chi connectivity index (χ4v) is 4.41. The summed E-state index contributed by atoms with van der Waals surface area (Å²) >= 11 is 1.84. The Morgan fingerprint density at radius 3 is 2.32 bits per heavy atom. The number of nitrogens with one attached hydrogen (secondary N) is 1. The van der Waals surface area contributed by atoms with Gasteiger partial charge in [0.15, 0.2) is 0 Å². The van der Waals surface area contributed by atoms with E-state index >= 15 is 0 Å². The fourth-order valence-electron chi connectivity index (χ4n) is 3.24. The highest BCUT2D eigenvalue weighted by Gasteiger charge is 2.46. The monoisotopic (exact) mass is 280 g/mol. The lowest BCUT2D eigenvalue weighted by Gasteiger charge is -2.32. The summed E-state index contributed by atoms with van der Waals surface area (Å²) in [6, 6.07) is 0.500. The maximum Gasteiger partial charge on any atom is 0.113 e. The minimum absolute atomic E-state index is 0.107. The summed E-state index contributed by atoms with van der Waals surface area (Å²) in [5.74, 6) is 0.524. The van der Waals surface area contributed by atoms with E-state index in [-0.39, 0.29) is 5.54 Å². The van der Waals surface area contributed by atoms with Crippen LogP contribution < -0.4 is 5.32 Å². The minimum Gasteiger partial charge on any atom is -0.303 e. The summed E-state index contributed by atoms with van der Waals surface area (Å²) in [4.78, 5) is 4.94. The van der Waals surface area contributed by atoms with E-state index in [1.165, 1.54) is 30.0 Å². The predicted molar refractivity (Wildman–Crippen MR) is 83.8 cm³/mol. The third kappa shape index (κ3) is 3.19. The quantitative estimate of drug-likeness (QED) is 0.867. The van der Waals surface area contributed by atoms with Crippen LogP contribution in [0.1, 0.15) is 77.4 Å². The Kier molecular flexibility index (Phi) is 4.08. The molecule has 1 unspecified atom stereocenters. The first-order valence-electron chi connectivity index (χ1n) is 7.48. The molecule has 1 N–H and O–H groups in total. The molecule has 3 heteroatoms. The Morgan fingerprint density at radius 1 is 1.21 bits per heavy atom. The van der Waals surface area contributed by atoms with Crippen molar-refractivity contribution in [2.24, 2.45) is 5.41 Å². The van der Waals surface area contributed by atoms with Gasteiger partial charge in [-0.2, -0.15) is 0 Å². The van der Waals surface area contributed by atoms with Gasteiger partial charge in [-0.3, -0.25) is 0 Å². The molecular formula is C16H28N2S. The van der Waals surface area contributed by atoms with Gasteiger partial charge in [-0.15, -0.1) is 11.3 Å². The first kappa shape index (κ1) is 15.0. The van der Waals surface area contributed by atoms with Gasteiger partial charge in [0, 0.05) is 11.4 Å².